The summed E-state index contributed by atoms with van der Waals surface area (Å²) in [4.78, 5) is 2.03. The fourth-order valence-corrected chi connectivity index (χ4v) is 2.01. The summed E-state index contributed by atoms with van der Waals surface area (Å²) in [6.07, 6.45) is 2.22. The van der Waals surface area contributed by atoms with Gasteiger partial charge in [-0.3, -0.25) is 0 Å². The maximum absolute atomic E-state index is 14.0. The van der Waals surface area contributed by atoms with Gasteiger partial charge in [-0.15, -0.1) is 0 Å². The molecule has 0 aromatic heterocycles. The van der Waals surface area contributed by atoms with Crippen LogP contribution in [-0.2, 0) is 0 Å². The molecule has 1 aliphatic rings. The van der Waals surface area contributed by atoms with Gasteiger partial charge in [0.05, 0.1) is 19.9 Å². The number of hydrogen-bond donors (Lipinski definition) is 0. The Kier molecular flexibility index (Phi) is 3.17. The van der Waals surface area contributed by atoms with Crippen molar-refractivity contribution in [2.75, 3.05) is 32.2 Å². The quantitative estimate of drug-likeness (QED) is 0.788. The van der Waals surface area contributed by atoms with Crippen molar-refractivity contribution in [2.24, 2.45) is 0 Å². The molecule has 1 fully saturated rings. The first-order chi connectivity index (χ1) is 7.76. The third kappa shape index (κ3) is 1.92. The van der Waals surface area contributed by atoms with Crippen LogP contribution in [0.4, 0.5) is 10.1 Å². The molecule has 1 aromatic carbocycles. The zero-order valence-electron chi connectivity index (χ0n) is 9.62. The summed E-state index contributed by atoms with van der Waals surface area (Å²) in [6, 6.07) is 3.29. The number of rotatable bonds is 3. The Labute approximate surface area is 94.8 Å². The fraction of sp³-hybridized carbons (Fsp3) is 0.500. The van der Waals surface area contributed by atoms with Gasteiger partial charge in [0.15, 0.2) is 11.6 Å². The lowest BCUT2D eigenvalue weighted by Crippen LogP contribution is -2.19. The molecule has 16 heavy (non-hydrogen) atoms. The molecule has 0 spiro atoms. The van der Waals surface area contributed by atoms with E-state index in [0.29, 0.717) is 11.4 Å². The number of anilines is 1. The van der Waals surface area contributed by atoms with Crippen LogP contribution in [0, 0.1) is 5.82 Å². The molecule has 0 unspecified atom stereocenters. The summed E-state index contributed by atoms with van der Waals surface area (Å²) >= 11 is 0. The van der Waals surface area contributed by atoms with Crippen molar-refractivity contribution in [3.63, 3.8) is 0 Å². The van der Waals surface area contributed by atoms with Gasteiger partial charge in [0.2, 0.25) is 0 Å². The van der Waals surface area contributed by atoms with Crippen molar-refractivity contribution in [1.29, 1.82) is 0 Å². The van der Waals surface area contributed by atoms with Crippen molar-refractivity contribution in [3.8, 4) is 11.5 Å². The van der Waals surface area contributed by atoms with E-state index in [4.69, 9.17) is 9.47 Å². The monoisotopic (exact) mass is 225 g/mol. The van der Waals surface area contributed by atoms with E-state index in [2.05, 4.69) is 0 Å². The summed E-state index contributed by atoms with van der Waals surface area (Å²) in [5, 5.41) is 0. The van der Waals surface area contributed by atoms with E-state index in [-0.39, 0.29) is 11.6 Å². The molecular weight excluding hydrogens is 209 g/mol. The van der Waals surface area contributed by atoms with Crippen LogP contribution in [0.5, 0.6) is 11.5 Å². The molecule has 0 amide bonds. The Morgan fingerprint density at radius 1 is 1.12 bits per heavy atom. The Hall–Kier alpha value is -1.45. The molecule has 0 saturated carbocycles. The Bertz CT molecular complexity index is 376. The molecule has 1 aliphatic heterocycles. The zero-order chi connectivity index (χ0) is 11.5. The molecule has 88 valence electrons. The SMILES string of the molecule is COc1cc(OC)c(F)c(N2CCCC2)c1. The summed E-state index contributed by atoms with van der Waals surface area (Å²) < 4.78 is 24.2. The molecule has 2 rings (SSSR count). The first kappa shape index (κ1) is 11.0. The average Bonchev–Trinajstić information content (AvgIpc) is 2.83. The first-order valence-corrected chi connectivity index (χ1v) is 5.42. The fourth-order valence-electron chi connectivity index (χ4n) is 2.01. The highest BCUT2D eigenvalue weighted by molar-refractivity contribution is 5.57. The number of hydrogen-bond acceptors (Lipinski definition) is 3. The lowest BCUT2D eigenvalue weighted by molar-refractivity contribution is 0.374. The molecule has 1 saturated heterocycles. The normalized spacial score (nSPS) is 15.3. The summed E-state index contributed by atoms with van der Waals surface area (Å²) in [7, 11) is 3.03. The highest BCUT2D eigenvalue weighted by atomic mass is 19.1. The molecule has 0 radical (unpaired) electrons. The van der Waals surface area contributed by atoms with Crippen LogP contribution in [0.25, 0.3) is 0 Å². The zero-order valence-corrected chi connectivity index (χ0v) is 9.62. The smallest absolute Gasteiger partial charge is 0.188 e. The van der Waals surface area contributed by atoms with E-state index in [0.717, 1.165) is 25.9 Å². The van der Waals surface area contributed by atoms with Crippen molar-refractivity contribution in [3.05, 3.63) is 17.9 Å². The van der Waals surface area contributed by atoms with Gasteiger partial charge in [0.25, 0.3) is 0 Å². The number of ether oxygens (including phenoxy) is 2. The molecule has 1 aromatic rings. The Morgan fingerprint density at radius 3 is 2.38 bits per heavy atom. The maximum atomic E-state index is 14.0. The van der Waals surface area contributed by atoms with E-state index < -0.39 is 0 Å². The van der Waals surface area contributed by atoms with Crippen LogP contribution in [0.15, 0.2) is 12.1 Å². The predicted octanol–water partition coefficient (Wildman–Crippen LogP) is 2.44. The minimum Gasteiger partial charge on any atom is -0.497 e. The number of nitrogens with zero attached hydrogens (tertiary/aromatic N) is 1. The van der Waals surface area contributed by atoms with Gasteiger partial charge in [-0.05, 0) is 12.8 Å². The summed E-state index contributed by atoms with van der Waals surface area (Å²) in [6.45, 7) is 1.79. The van der Waals surface area contributed by atoms with Gasteiger partial charge in [-0.25, -0.2) is 4.39 Å². The highest BCUT2D eigenvalue weighted by Crippen LogP contribution is 2.34. The van der Waals surface area contributed by atoms with Crippen LogP contribution in [0.1, 0.15) is 12.8 Å². The number of methoxy groups -OCH3 is 2. The van der Waals surface area contributed by atoms with Crippen molar-refractivity contribution in [1.82, 2.24) is 0 Å². The largest absolute Gasteiger partial charge is 0.497 e. The summed E-state index contributed by atoms with van der Waals surface area (Å²) in [5.41, 5.74) is 0.578. The summed E-state index contributed by atoms with van der Waals surface area (Å²) in [5.74, 6) is 0.562. The van der Waals surface area contributed by atoms with Crippen molar-refractivity contribution in [2.45, 2.75) is 12.8 Å². The van der Waals surface area contributed by atoms with E-state index in [1.807, 2.05) is 4.90 Å². The lowest BCUT2D eigenvalue weighted by atomic mass is 10.2. The third-order valence-electron chi connectivity index (χ3n) is 2.90. The van der Waals surface area contributed by atoms with Crippen LogP contribution in [0.3, 0.4) is 0 Å². The number of halogens is 1. The topological polar surface area (TPSA) is 21.7 Å². The molecule has 0 bridgehead atoms. The van der Waals surface area contributed by atoms with Gasteiger partial charge < -0.3 is 14.4 Å². The van der Waals surface area contributed by atoms with Crippen molar-refractivity contribution < 1.29 is 13.9 Å². The van der Waals surface area contributed by atoms with E-state index in [1.165, 1.54) is 7.11 Å². The average molecular weight is 225 g/mol. The number of benzene rings is 1. The third-order valence-corrected chi connectivity index (χ3v) is 2.90. The lowest BCUT2D eigenvalue weighted by Gasteiger charge is -2.20. The second-order valence-corrected chi connectivity index (χ2v) is 3.86. The maximum Gasteiger partial charge on any atom is 0.188 e. The predicted molar refractivity (Wildman–Crippen MR) is 61.0 cm³/mol. The standard InChI is InChI=1S/C12H16FNO2/c1-15-9-7-10(14-5-3-4-6-14)12(13)11(8-9)16-2/h7-8H,3-6H2,1-2H3. The van der Waals surface area contributed by atoms with Gasteiger partial charge in [-0.1, -0.05) is 0 Å². The van der Waals surface area contributed by atoms with E-state index >= 15 is 0 Å². The second kappa shape index (κ2) is 4.60. The van der Waals surface area contributed by atoms with E-state index in [1.54, 1.807) is 19.2 Å². The molecule has 3 nitrogen and oxygen atoms in total. The molecule has 0 aliphatic carbocycles. The highest BCUT2D eigenvalue weighted by Gasteiger charge is 2.20. The molecular formula is C12H16FNO2. The van der Waals surface area contributed by atoms with Crippen molar-refractivity contribution >= 4 is 5.69 Å². The molecule has 1 heterocycles. The molecule has 0 atom stereocenters. The van der Waals surface area contributed by atoms with Gasteiger partial charge in [-0.2, -0.15) is 0 Å². The first-order valence-electron chi connectivity index (χ1n) is 5.42. The van der Waals surface area contributed by atoms with Crippen LogP contribution >= 0.6 is 0 Å². The Morgan fingerprint density at radius 2 is 1.81 bits per heavy atom. The molecule has 4 heteroatoms. The molecule has 0 N–H and O–H groups in total. The minimum atomic E-state index is -0.301. The van der Waals surface area contributed by atoms with Gasteiger partial charge in [0, 0.05) is 25.2 Å². The van der Waals surface area contributed by atoms with Crippen LogP contribution in [-0.4, -0.2) is 27.3 Å². The Balaban J connectivity index is 2.41. The van der Waals surface area contributed by atoms with Crippen LogP contribution < -0.4 is 14.4 Å². The minimum absolute atomic E-state index is 0.237. The van der Waals surface area contributed by atoms with E-state index in [9.17, 15) is 4.39 Å². The second-order valence-electron chi connectivity index (χ2n) is 3.86. The van der Waals surface area contributed by atoms with Crippen LogP contribution in [0.2, 0.25) is 0 Å². The van der Waals surface area contributed by atoms with Gasteiger partial charge >= 0.3 is 0 Å². The van der Waals surface area contributed by atoms with Gasteiger partial charge in [0.1, 0.15) is 5.75 Å².